The number of hydrogen-bond donors (Lipinski definition) is 1. The molecule has 0 saturated heterocycles. The molecule has 20 heavy (non-hydrogen) atoms. The summed E-state index contributed by atoms with van der Waals surface area (Å²) in [4.78, 5) is 5.38. The van der Waals surface area contributed by atoms with Gasteiger partial charge in [-0.25, -0.2) is 9.37 Å². The van der Waals surface area contributed by atoms with Crippen LogP contribution in [0.2, 0.25) is 0 Å². The number of imidazole rings is 1. The molecule has 0 amide bonds. The van der Waals surface area contributed by atoms with Crippen molar-refractivity contribution in [1.29, 1.82) is 0 Å². The Morgan fingerprint density at radius 1 is 1.40 bits per heavy atom. The smallest absolute Gasteiger partial charge is 0.131 e. The van der Waals surface area contributed by atoms with E-state index < -0.39 is 0 Å². The molecule has 104 valence electrons. The first-order valence-electron chi connectivity index (χ1n) is 6.64. The van der Waals surface area contributed by atoms with Crippen LogP contribution in [-0.2, 0) is 6.54 Å². The third-order valence-electron chi connectivity index (χ3n) is 3.30. The Labute approximate surface area is 120 Å². The molecule has 0 spiro atoms. The summed E-state index contributed by atoms with van der Waals surface area (Å²) in [5.41, 5.74) is 6.33. The van der Waals surface area contributed by atoms with Gasteiger partial charge >= 0.3 is 0 Å². The average molecular weight is 289 g/mol. The van der Waals surface area contributed by atoms with Gasteiger partial charge < -0.3 is 10.3 Å². The Morgan fingerprint density at radius 2 is 2.25 bits per heavy atom. The van der Waals surface area contributed by atoms with Crippen LogP contribution in [0.1, 0.15) is 30.1 Å². The maximum Gasteiger partial charge on any atom is 0.131 e. The fraction of sp³-hybridized carbons (Fsp3) is 0.267. The highest BCUT2D eigenvalue weighted by molar-refractivity contribution is 7.19. The number of halogens is 1. The number of benzene rings is 1. The predicted molar refractivity (Wildman–Crippen MR) is 80.3 cm³/mol. The largest absolute Gasteiger partial charge is 0.333 e. The molecule has 0 saturated carbocycles. The molecule has 0 aliphatic heterocycles. The molecule has 5 heteroatoms. The van der Waals surface area contributed by atoms with Gasteiger partial charge in [-0.05, 0) is 30.0 Å². The standard InChI is InChI=1S/C15H16FN3S/c1-2-6-19-7-5-18-15(19)14(17)13-8-10-3-4-11(16)9-12(10)20-13/h3-5,7-9,14H,2,6,17H2,1H3. The number of aryl methyl sites for hydroxylation is 1. The molecule has 3 nitrogen and oxygen atoms in total. The molecule has 0 bridgehead atoms. The van der Waals surface area contributed by atoms with Crippen LogP contribution in [0.15, 0.2) is 36.7 Å². The van der Waals surface area contributed by atoms with Gasteiger partial charge in [0.15, 0.2) is 0 Å². The first-order chi connectivity index (χ1) is 9.69. The summed E-state index contributed by atoms with van der Waals surface area (Å²) < 4.78 is 16.2. The minimum absolute atomic E-state index is 0.216. The Balaban J connectivity index is 1.99. The average Bonchev–Trinajstić information content (AvgIpc) is 3.04. The predicted octanol–water partition coefficient (Wildman–Crippen LogP) is 3.70. The summed E-state index contributed by atoms with van der Waals surface area (Å²) in [5, 5.41) is 1.02. The molecule has 2 N–H and O–H groups in total. The summed E-state index contributed by atoms with van der Waals surface area (Å²) in [6.45, 7) is 3.03. The van der Waals surface area contributed by atoms with Gasteiger partial charge in [-0.3, -0.25) is 0 Å². The maximum absolute atomic E-state index is 13.2. The summed E-state index contributed by atoms with van der Waals surface area (Å²) in [6, 6.07) is 6.57. The Hall–Kier alpha value is -1.72. The van der Waals surface area contributed by atoms with Crippen molar-refractivity contribution in [3.63, 3.8) is 0 Å². The number of aromatic nitrogens is 2. The molecule has 1 unspecified atom stereocenters. The quantitative estimate of drug-likeness (QED) is 0.796. The number of fused-ring (bicyclic) bond motifs is 1. The van der Waals surface area contributed by atoms with Gasteiger partial charge in [-0.2, -0.15) is 0 Å². The molecule has 0 radical (unpaired) electrons. The van der Waals surface area contributed by atoms with Crippen LogP contribution >= 0.6 is 11.3 Å². The van der Waals surface area contributed by atoms with Crippen molar-refractivity contribution < 1.29 is 4.39 Å². The van der Waals surface area contributed by atoms with Gasteiger partial charge in [-0.1, -0.05) is 13.0 Å². The van der Waals surface area contributed by atoms with E-state index in [0.29, 0.717) is 0 Å². The van der Waals surface area contributed by atoms with Gasteiger partial charge in [0, 0.05) is 28.5 Å². The second kappa shape index (κ2) is 5.34. The SMILES string of the molecule is CCCn1ccnc1C(N)c1cc2ccc(F)cc2s1. The third kappa shape index (κ3) is 2.34. The number of rotatable bonds is 4. The zero-order valence-electron chi connectivity index (χ0n) is 11.2. The highest BCUT2D eigenvalue weighted by atomic mass is 32.1. The fourth-order valence-electron chi connectivity index (χ4n) is 2.34. The van der Waals surface area contributed by atoms with Crippen LogP contribution in [-0.4, -0.2) is 9.55 Å². The van der Waals surface area contributed by atoms with E-state index in [1.165, 1.54) is 17.4 Å². The number of thiophene rings is 1. The number of nitrogens with zero attached hydrogens (tertiary/aromatic N) is 2. The van der Waals surface area contributed by atoms with Crippen molar-refractivity contribution in [3.8, 4) is 0 Å². The van der Waals surface area contributed by atoms with Crippen LogP contribution in [0.4, 0.5) is 4.39 Å². The van der Waals surface area contributed by atoms with Gasteiger partial charge in [0.1, 0.15) is 11.6 Å². The van der Waals surface area contributed by atoms with Crippen LogP contribution in [0.25, 0.3) is 10.1 Å². The van der Waals surface area contributed by atoms with Gasteiger partial charge in [0.2, 0.25) is 0 Å². The first-order valence-corrected chi connectivity index (χ1v) is 7.46. The lowest BCUT2D eigenvalue weighted by atomic mass is 10.2. The molecule has 3 rings (SSSR count). The third-order valence-corrected chi connectivity index (χ3v) is 4.48. The minimum Gasteiger partial charge on any atom is -0.333 e. The number of nitrogens with two attached hydrogens (primary N) is 1. The topological polar surface area (TPSA) is 43.8 Å². The molecular weight excluding hydrogens is 273 g/mol. The summed E-state index contributed by atoms with van der Waals surface area (Å²) >= 11 is 1.53. The zero-order valence-corrected chi connectivity index (χ0v) is 12.0. The molecule has 0 aliphatic carbocycles. The lowest BCUT2D eigenvalue weighted by Crippen LogP contribution is -2.16. The fourth-order valence-corrected chi connectivity index (χ4v) is 3.42. The van der Waals surface area contributed by atoms with E-state index in [0.717, 1.165) is 33.8 Å². The van der Waals surface area contributed by atoms with Crippen LogP contribution in [0.3, 0.4) is 0 Å². The van der Waals surface area contributed by atoms with Crippen molar-refractivity contribution >= 4 is 21.4 Å². The minimum atomic E-state index is -0.267. The Kier molecular flexibility index (Phi) is 3.54. The Morgan fingerprint density at radius 3 is 3.05 bits per heavy atom. The maximum atomic E-state index is 13.2. The van der Waals surface area contributed by atoms with Gasteiger partial charge in [0.05, 0.1) is 6.04 Å². The van der Waals surface area contributed by atoms with E-state index in [1.54, 1.807) is 18.3 Å². The van der Waals surface area contributed by atoms with E-state index in [-0.39, 0.29) is 11.9 Å². The highest BCUT2D eigenvalue weighted by Gasteiger charge is 2.17. The molecule has 1 aromatic carbocycles. The molecule has 2 heterocycles. The number of hydrogen-bond acceptors (Lipinski definition) is 3. The van der Waals surface area contributed by atoms with E-state index in [2.05, 4.69) is 16.5 Å². The molecular formula is C15H16FN3S. The highest BCUT2D eigenvalue weighted by Crippen LogP contribution is 2.31. The molecule has 3 aromatic rings. The normalized spacial score (nSPS) is 12.9. The van der Waals surface area contributed by atoms with Crippen molar-refractivity contribution in [2.24, 2.45) is 5.73 Å². The van der Waals surface area contributed by atoms with Crippen LogP contribution < -0.4 is 5.73 Å². The summed E-state index contributed by atoms with van der Waals surface area (Å²) in [5.74, 6) is 0.644. The second-order valence-electron chi connectivity index (χ2n) is 4.79. The van der Waals surface area contributed by atoms with Crippen molar-refractivity contribution in [3.05, 3.63) is 53.2 Å². The molecule has 1 atom stereocenters. The monoisotopic (exact) mass is 289 g/mol. The van der Waals surface area contributed by atoms with E-state index in [9.17, 15) is 4.39 Å². The van der Waals surface area contributed by atoms with E-state index in [4.69, 9.17) is 5.73 Å². The van der Waals surface area contributed by atoms with Gasteiger partial charge in [0.25, 0.3) is 0 Å². The Bertz CT molecular complexity index is 732. The van der Waals surface area contributed by atoms with Crippen molar-refractivity contribution in [2.75, 3.05) is 0 Å². The first kappa shape index (κ1) is 13.3. The summed E-state index contributed by atoms with van der Waals surface area (Å²) in [6.07, 6.45) is 4.76. The molecule has 0 aliphatic rings. The van der Waals surface area contributed by atoms with E-state index in [1.807, 2.05) is 12.3 Å². The van der Waals surface area contributed by atoms with Crippen molar-refractivity contribution in [2.45, 2.75) is 25.9 Å². The summed E-state index contributed by atoms with van der Waals surface area (Å²) in [7, 11) is 0. The molecule has 0 fully saturated rings. The second-order valence-corrected chi connectivity index (χ2v) is 5.90. The lowest BCUT2D eigenvalue weighted by molar-refractivity contribution is 0.616. The zero-order chi connectivity index (χ0) is 14.1. The van der Waals surface area contributed by atoms with Crippen LogP contribution in [0, 0.1) is 5.82 Å². The van der Waals surface area contributed by atoms with Crippen molar-refractivity contribution in [1.82, 2.24) is 9.55 Å². The van der Waals surface area contributed by atoms with E-state index >= 15 is 0 Å². The van der Waals surface area contributed by atoms with Crippen LogP contribution in [0.5, 0.6) is 0 Å². The van der Waals surface area contributed by atoms with Gasteiger partial charge in [-0.15, -0.1) is 11.3 Å². The molecule has 2 aromatic heterocycles. The lowest BCUT2D eigenvalue weighted by Gasteiger charge is -2.11.